The number of carbonyl (C=O) groups is 1. The number of aromatic nitrogens is 1. The molecule has 0 atom stereocenters. The maximum absolute atomic E-state index is 12.7. The Balaban J connectivity index is 1.85. The fourth-order valence-corrected chi connectivity index (χ4v) is 4.02. The number of nitrogen functional groups attached to an aromatic ring is 1. The van der Waals surface area contributed by atoms with Crippen LogP contribution < -0.4 is 25.3 Å². The molecule has 0 saturated heterocycles. The largest absolute Gasteiger partial charge is 0.497 e. The molecule has 1 aromatic heterocycles. The normalized spacial score (nSPS) is 10.4. The van der Waals surface area contributed by atoms with Crippen molar-refractivity contribution in [1.29, 1.82) is 0 Å². The van der Waals surface area contributed by atoms with Crippen molar-refractivity contribution < 1.29 is 19.0 Å². The molecule has 0 unspecified atom stereocenters. The van der Waals surface area contributed by atoms with Gasteiger partial charge in [-0.3, -0.25) is 9.36 Å². The predicted molar refractivity (Wildman–Crippen MR) is 116 cm³/mol. The van der Waals surface area contributed by atoms with Gasteiger partial charge in [-0.15, -0.1) is 0 Å². The van der Waals surface area contributed by atoms with E-state index in [9.17, 15) is 4.79 Å². The van der Waals surface area contributed by atoms with Crippen molar-refractivity contribution in [3.63, 3.8) is 0 Å². The van der Waals surface area contributed by atoms with Crippen LogP contribution in [0.25, 0.3) is 5.69 Å². The number of thiazole rings is 1. The summed E-state index contributed by atoms with van der Waals surface area (Å²) in [5, 5.41) is 2.87. The molecule has 29 heavy (non-hydrogen) atoms. The van der Waals surface area contributed by atoms with Crippen molar-refractivity contribution in [2.24, 2.45) is 0 Å². The molecule has 0 spiro atoms. The van der Waals surface area contributed by atoms with Crippen LogP contribution in [-0.2, 0) is 6.54 Å². The zero-order valence-electron chi connectivity index (χ0n) is 16.2. The van der Waals surface area contributed by atoms with Gasteiger partial charge in [0, 0.05) is 12.6 Å². The summed E-state index contributed by atoms with van der Waals surface area (Å²) in [7, 11) is 4.73. The number of carbonyl (C=O) groups excluding carboxylic acids is 1. The monoisotopic (exact) mass is 431 g/mol. The number of ether oxygens (including phenoxy) is 3. The Morgan fingerprint density at radius 2 is 1.72 bits per heavy atom. The summed E-state index contributed by atoms with van der Waals surface area (Å²) >= 11 is 6.60. The highest BCUT2D eigenvalue weighted by Crippen LogP contribution is 2.33. The van der Waals surface area contributed by atoms with Gasteiger partial charge >= 0.3 is 0 Å². The molecule has 0 bridgehead atoms. The SMILES string of the molecule is COc1ccc(CNC(=O)c2sc(=S)n(-c3ccc(OC)cc3OC)c2N)cc1. The van der Waals surface area contributed by atoms with Gasteiger partial charge in [0.15, 0.2) is 3.95 Å². The third-order valence-electron chi connectivity index (χ3n) is 4.29. The van der Waals surface area contributed by atoms with Gasteiger partial charge in [-0.1, -0.05) is 23.5 Å². The topological polar surface area (TPSA) is 87.7 Å². The summed E-state index contributed by atoms with van der Waals surface area (Å²) in [6, 6.07) is 12.8. The number of rotatable bonds is 7. The fraction of sp³-hybridized carbons (Fsp3) is 0.200. The summed E-state index contributed by atoms with van der Waals surface area (Å²) in [6.45, 7) is 0.360. The number of hydrogen-bond acceptors (Lipinski definition) is 7. The maximum atomic E-state index is 12.7. The van der Waals surface area contributed by atoms with Crippen molar-refractivity contribution in [3.8, 4) is 22.9 Å². The molecule has 0 fully saturated rings. The molecule has 0 radical (unpaired) electrons. The zero-order chi connectivity index (χ0) is 21.0. The third kappa shape index (κ3) is 4.36. The Labute approximate surface area is 177 Å². The molecule has 1 amide bonds. The highest BCUT2D eigenvalue weighted by Gasteiger charge is 2.20. The van der Waals surface area contributed by atoms with Crippen LogP contribution in [0.2, 0.25) is 0 Å². The van der Waals surface area contributed by atoms with E-state index in [2.05, 4.69) is 5.32 Å². The minimum Gasteiger partial charge on any atom is -0.497 e. The quantitative estimate of drug-likeness (QED) is 0.553. The lowest BCUT2D eigenvalue weighted by atomic mass is 10.2. The van der Waals surface area contributed by atoms with Crippen LogP contribution in [-0.4, -0.2) is 31.8 Å². The average Bonchev–Trinajstić information content (AvgIpc) is 3.05. The van der Waals surface area contributed by atoms with Crippen LogP contribution >= 0.6 is 23.6 Å². The summed E-state index contributed by atoms with van der Waals surface area (Å²) in [4.78, 5) is 13.0. The van der Waals surface area contributed by atoms with Crippen LogP contribution in [0.4, 0.5) is 5.82 Å². The number of anilines is 1. The van der Waals surface area contributed by atoms with Gasteiger partial charge in [-0.05, 0) is 42.0 Å². The van der Waals surface area contributed by atoms with Crippen LogP contribution in [0.1, 0.15) is 15.2 Å². The molecule has 2 aromatic carbocycles. The molecule has 3 rings (SSSR count). The summed E-state index contributed by atoms with van der Waals surface area (Å²) in [6.07, 6.45) is 0. The van der Waals surface area contributed by atoms with Crippen molar-refractivity contribution in [1.82, 2.24) is 9.88 Å². The van der Waals surface area contributed by atoms with Gasteiger partial charge in [0.1, 0.15) is 27.9 Å². The number of hydrogen-bond donors (Lipinski definition) is 2. The Morgan fingerprint density at radius 3 is 2.34 bits per heavy atom. The van der Waals surface area contributed by atoms with Gasteiger partial charge < -0.3 is 25.3 Å². The van der Waals surface area contributed by atoms with E-state index in [0.717, 1.165) is 22.6 Å². The Hall–Kier alpha value is -3.04. The second-order valence-electron chi connectivity index (χ2n) is 5.99. The van der Waals surface area contributed by atoms with Crippen molar-refractivity contribution in [2.45, 2.75) is 6.54 Å². The van der Waals surface area contributed by atoms with Crippen molar-refractivity contribution in [2.75, 3.05) is 27.1 Å². The minimum atomic E-state index is -0.291. The van der Waals surface area contributed by atoms with Gasteiger partial charge in [0.2, 0.25) is 0 Å². The molecule has 7 nitrogen and oxygen atoms in total. The molecular formula is C20H21N3O4S2. The van der Waals surface area contributed by atoms with E-state index in [-0.39, 0.29) is 11.7 Å². The van der Waals surface area contributed by atoms with Gasteiger partial charge in [0.05, 0.1) is 27.0 Å². The molecule has 0 aliphatic heterocycles. The Bertz CT molecular complexity index is 1070. The summed E-state index contributed by atoms with van der Waals surface area (Å²) in [5.41, 5.74) is 7.86. The summed E-state index contributed by atoms with van der Waals surface area (Å²) < 4.78 is 17.9. The molecular weight excluding hydrogens is 410 g/mol. The van der Waals surface area contributed by atoms with Crippen LogP contribution in [0, 0.1) is 3.95 Å². The number of nitrogens with two attached hydrogens (primary N) is 1. The molecule has 3 aromatic rings. The van der Waals surface area contributed by atoms with Gasteiger partial charge in [-0.2, -0.15) is 0 Å². The number of benzene rings is 2. The second kappa shape index (κ2) is 8.97. The molecule has 0 aliphatic rings. The lowest BCUT2D eigenvalue weighted by Crippen LogP contribution is -2.23. The van der Waals surface area contributed by atoms with Crippen LogP contribution in [0.3, 0.4) is 0 Å². The first kappa shape index (κ1) is 20.7. The van der Waals surface area contributed by atoms with E-state index in [1.165, 1.54) is 0 Å². The Morgan fingerprint density at radius 1 is 1.07 bits per heavy atom. The van der Waals surface area contributed by atoms with E-state index >= 15 is 0 Å². The standard InChI is InChI=1S/C20H21N3O4S2/c1-25-13-6-4-12(5-7-13)11-22-19(24)17-18(21)23(20(28)29-17)15-9-8-14(26-2)10-16(15)27-3/h4-10H,11,21H2,1-3H3,(H,22,24). The molecule has 0 aliphatic carbocycles. The van der Waals surface area contributed by atoms with E-state index in [1.54, 1.807) is 44.1 Å². The van der Waals surface area contributed by atoms with E-state index in [1.807, 2.05) is 24.3 Å². The maximum Gasteiger partial charge on any atom is 0.265 e. The number of methoxy groups -OCH3 is 3. The van der Waals surface area contributed by atoms with E-state index in [4.69, 9.17) is 32.2 Å². The van der Waals surface area contributed by atoms with E-state index < -0.39 is 0 Å². The van der Waals surface area contributed by atoms with Gasteiger partial charge in [-0.25, -0.2) is 0 Å². The molecule has 9 heteroatoms. The number of amides is 1. The van der Waals surface area contributed by atoms with Crippen LogP contribution in [0.15, 0.2) is 42.5 Å². The minimum absolute atomic E-state index is 0.260. The lowest BCUT2D eigenvalue weighted by molar-refractivity contribution is 0.0955. The first-order chi connectivity index (χ1) is 14.0. The van der Waals surface area contributed by atoms with Crippen LogP contribution in [0.5, 0.6) is 17.2 Å². The zero-order valence-corrected chi connectivity index (χ0v) is 17.9. The lowest BCUT2D eigenvalue weighted by Gasteiger charge is -2.13. The predicted octanol–water partition coefficient (Wildman–Crippen LogP) is 3.81. The van der Waals surface area contributed by atoms with Crippen molar-refractivity contribution >= 4 is 35.3 Å². The molecule has 3 N–H and O–H groups in total. The van der Waals surface area contributed by atoms with Crippen molar-refractivity contribution in [3.05, 3.63) is 56.9 Å². The average molecular weight is 432 g/mol. The Kier molecular flexibility index (Phi) is 6.40. The number of nitrogens with zero attached hydrogens (tertiary/aromatic N) is 1. The third-order valence-corrected chi connectivity index (χ3v) is 5.68. The summed E-state index contributed by atoms with van der Waals surface area (Å²) in [5.74, 6) is 1.91. The molecule has 152 valence electrons. The highest BCUT2D eigenvalue weighted by atomic mass is 32.1. The van der Waals surface area contributed by atoms with E-state index in [0.29, 0.717) is 32.6 Å². The first-order valence-corrected chi connectivity index (χ1v) is 9.85. The smallest absolute Gasteiger partial charge is 0.265 e. The number of nitrogens with one attached hydrogen (secondary N) is 1. The highest BCUT2D eigenvalue weighted by molar-refractivity contribution is 7.73. The molecule has 0 saturated carbocycles. The second-order valence-corrected chi connectivity index (χ2v) is 7.63. The van der Waals surface area contributed by atoms with Gasteiger partial charge in [0.25, 0.3) is 5.91 Å². The fourth-order valence-electron chi connectivity index (χ4n) is 2.75. The molecule has 1 heterocycles. The first-order valence-electron chi connectivity index (χ1n) is 8.63.